The molecule has 1 unspecified atom stereocenters. The van der Waals surface area contributed by atoms with Gasteiger partial charge in [0.25, 0.3) is 0 Å². The van der Waals surface area contributed by atoms with Gasteiger partial charge in [-0.05, 0) is 23.1 Å². The summed E-state index contributed by atoms with van der Waals surface area (Å²) in [6.07, 6.45) is 2.67. The number of hydrogen-bond acceptors (Lipinski definition) is 2. The van der Waals surface area contributed by atoms with Crippen molar-refractivity contribution in [3.05, 3.63) is 30.3 Å². The first-order chi connectivity index (χ1) is 6.33. The SMILES string of the molecule is CCCC[P+](=O)Oc1ccccc1. The van der Waals surface area contributed by atoms with Gasteiger partial charge in [0.15, 0.2) is 11.9 Å². The van der Waals surface area contributed by atoms with Gasteiger partial charge in [0.1, 0.15) is 0 Å². The molecule has 0 N–H and O–H groups in total. The highest BCUT2D eigenvalue weighted by atomic mass is 31.1. The molecule has 1 rings (SSSR count). The minimum absolute atomic E-state index is 0.653. The third-order valence-electron chi connectivity index (χ3n) is 1.64. The van der Waals surface area contributed by atoms with E-state index in [9.17, 15) is 4.57 Å². The maximum absolute atomic E-state index is 11.3. The molecule has 3 heteroatoms. The van der Waals surface area contributed by atoms with Crippen LogP contribution in [0.15, 0.2) is 30.3 Å². The van der Waals surface area contributed by atoms with E-state index in [2.05, 4.69) is 6.92 Å². The first kappa shape index (κ1) is 10.2. The van der Waals surface area contributed by atoms with E-state index in [-0.39, 0.29) is 0 Å². The first-order valence-corrected chi connectivity index (χ1v) is 5.87. The average Bonchev–Trinajstić information content (AvgIpc) is 2.16. The van der Waals surface area contributed by atoms with E-state index < -0.39 is 8.03 Å². The minimum atomic E-state index is -1.51. The maximum Gasteiger partial charge on any atom is 0.556 e. The zero-order chi connectivity index (χ0) is 9.52. The molecule has 0 aromatic heterocycles. The summed E-state index contributed by atoms with van der Waals surface area (Å²) >= 11 is 0. The fourth-order valence-corrected chi connectivity index (χ4v) is 1.95. The van der Waals surface area contributed by atoms with Crippen LogP contribution in [0.2, 0.25) is 0 Å². The van der Waals surface area contributed by atoms with Gasteiger partial charge in [0.05, 0.1) is 0 Å². The summed E-state index contributed by atoms with van der Waals surface area (Å²) in [7, 11) is -1.51. The molecule has 13 heavy (non-hydrogen) atoms. The smallest absolute Gasteiger partial charge is 0.254 e. The molecule has 0 fully saturated rings. The molecular formula is C10H14O2P+. The Hall–Kier alpha value is -0.880. The van der Waals surface area contributed by atoms with Crippen LogP contribution in [-0.2, 0) is 4.57 Å². The van der Waals surface area contributed by atoms with Gasteiger partial charge in [-0.1, -0.05) is 31.5 Å². The topological polar surface area (TPSA) is 26.3 Å². The molecule has 0 aliphatic carbocycles. The lowest BCUT2D eigenvalue weighted by Crippen LogP contribution is -1.85. The standard InChI is InChI=1S/C10H14O2P/c1-2-3-9-13(11)12-10-7-5-4-6-8-10/h4-8H,2-3,9H2,1H3/q+1. The highest BCUT2D eigenvalue weighted by Crippen LogP contribution is 2.27. The molecule has 0 saturated carbocycles. The number of hydrogen-bond donors (Lipinski definition) is 0. The van der Waals surface area contributed by atoms with Crippen LogP contribution in [-0.4, -0.2) is 6.16 Å². The third kappa shape index (κ3) is 4.05. The van der Waals surface area contributed by atoms with Gasteiger partial charge in [-0.15, -0.1) is 0 Å². The van der Waals surface area contributed by atoms with Gasteiger partial charge in [0.2, 0.25) is 0 Å². The lowest BCUT2D eigenvalue weighted by molar-refractivity contribution is 0.502. The summed E-state index contributed by atoms with van der Waals surface area (Å²) in [6, 6.07) is 9.29. The minimum Gasteiger partial charge on any atom is -0.254 e. The molecular weight excluding hydrogens is 183 g/mol. The fourth-order valence-electron chi connectivity index (χ4n) is 0.932. The Morgan fingerprint density at radius 1 is 1.31 bits per heavy atom. The lowest BCUT2D eigenvalue weighted by Gasteiger charge is -1.91. The van der Waals surface area contributed by atoms with Crippen molar-refractivity contribution in [2.45, 2.75) is 19.8 Å². The van der Waals surface area contributed by atoms with Crippen molar-refractivity contribution in [3.63, 3.8) is 0 Å². The van der Waals surface area contributed by atoms with Crippen molar-refractivity contribution < 1.29 is 9.09 Å². The largest absolute Gasteiger partial charge is 0.556 e. The van der Waals surface area contributed by atoms with Gasteiger partial charge in [-0.25, -0.2) is 0 Å². The molecule has 0 aliphatic heterocycles. The van der Waals surface area contributed by atoms with Gasteiger partial charge >= 0.3 is 8.03 Å². The zero-order valence-corrected chi connectivity index (χ0v) is 8.67. The van der Waals surface area contributed by atoms with Crippen LogP contribution in [0.3, 0.4) is 0 Å². The summed E-state index contributed by atoms with van der Waals surface area (Å²) < 4.78 is 16.5. The molecule has 1 atom stereocenters. The Bertz CT molecular complexity index is 259. The van der Waals surface area contributed by atoms with Crippen molar-refractivity contribution in [3.8, 4) is 5.75 Å². The Morgan fingerprint density at radius 2 is 2.00 bits per heavy atom. The predicted molar refractivity (Wildman–Crippen MR) is 54.5 cm³/mol. The molecule has 70 valence electrons. The number of benzene rings is 1. The highest BCUT2D eigenvalue weighted by molar-refractivity contribution is 7.39. The second kappa shape index (κ2) is 5.71. The van der Waals surface area contributed by atoms with Crippen LogP contribution in [0.5, 0.6) is 5.75 Å². The van der Waals surface area contributed by atoms with E-state index in [1.165, 1.54) is 0 Å². The summed E-state index contributed by atoms with van der Waals surface area (Å²) in [5.74, 6) is 0.694. The van der Waals surface area contributed by atoms with Crippen molar-refractivity contribution >= 4 is 8.03 Å². The fraction of sp³-hybridized carbons (Fsp3) is 0.400. The van der Waals surface area contributed by atoms with Crippen molar-refractivity contribution in [1.29, 1.82) is 0 Å². The van der Waals surface area contributed by atoms with Crippen LogP contribution < -0.4 is 4.52 Å². The molecule has 1 aromatic carbocycles. The lowest BCUT2D eigenvalue weighted by atomic mass is 10.3. The van der Waals surface area contributed by atoms with Crippen LogP contribution in [0.4, 0.5) is 0 Å². The Morgan fingerprint density at radius 3 is 2.62 bits per heavy atom. The van der Waals surface area contributed by atoms with Crippen molar-refractivity contribution in [2.75, 3.05) is 6.16 Å². The summed E-state index contributed by atoms with van der Waals surface area (Å²) in [5, 5.41) is 0. The van der Waals surface area contributed by atoms with Crippen LogP contribution in [0.25, 0.3) is 0 Å². The second-order valence-corrected chi connectivity index (χ2v) is 4.11. The van der Waals surface area contributed by atoms with E-state index in [1.807, 2.05) is 30.3 Å². The summed E-state index contributed by atoms with van der Waals surface area (Å²) in [5.41, 5.74) is 0. The van der Waals surface area contributed by atoms with E-state index in [1.54, 1.807) is 0 Å². The van der Waals surface area contributed by atoms with E-state index in [0.29, 0.717) is 11.9 Å². The van der Waals surface area contributed by atoms with Crippen LogP contribution >= 0.6 is 8.03 Å². The molecule has 1 aromatic rings. The molecule has 0 amide bonds. The summed E-state index contributed by atoms with van der Waals surface area (Å²) in [6.45, 7) is 2.08. The molecule has 2 nitrogen and oxygen atoms in total. The highest BCUT2D eigenvalue weighted by Gasteiger charge is 2.16. The van der Waals surface area contributed by atoms with Gasteiger partial charge in [-0.2, -0.15) is 0 Å². The zero-order valence-electron chi connectivity index (χ0n) is 7.77. The normalized spacial score (nSPS) is 11.0. The predicted octanol–water partition coefficient (Wildman–Crippen LogP) is 3.61. The number of para-hydroxylation sites is 1. The van der Waals surface area contributed by atoms with Crippen LogP contribution in [0, 0.1) is 0 Å². The quantitative estimate of drug-likeness (QED) is 0.674. The van der Waals surface area contributed by atoms with Gasteiger partial charge in [-0.3, -0.25) is 4.52 Å². The average molecular weight is 197 g/mol. The molecule has 0 spiro atoms. The summed E-state index contributed by atoms with van der Waals surface area (Å²) in [4.78, 5) is 0. The number of rotatable bonds is 5. The van der Waals surface area contributed by atoms with Gasteiger partial charge < -0.3 is 0 Å². The van der Waals surface area contributed by atoms with E-state index in [4.69, 9.17) is 4.52 Å². The van der Waals surface area contributed by atoms with Crippen molar-refractivity contribution in [2.24, 2.45) is 0 Å². The molecule has 0 saturated heterocycles. The Balaban J connectivity index is 2.37. The monoisotopic (exact) mass is 197 g/mol. The molecule has 0 heterocycles. The van der Waals surface area contributed by atoms with E-state index in [0.717, 1.165) is 12.8 Å². The molecule has 0 bridgehead atoms. The number of unbranched alkanes of at least 4 members (excludes halogenated alkanes) is 1. The second-order valence-electron chi connectivity index (χ2n) is 2.81. The Labute approximate surface area is 79.8 Å². The molecule has 0 aliphatic rings. The molecule has 0 radical (unpaired) electrons. The van der Waals surface area contributed by atoms with Crippen LogP contribution in [0.1, 0.15) is 19.8 Å². The third-order valence-corrected chi connectivity index (χ3v) is 2.74. The maximum atomic E-state index is 11.3. The van der Waals surface area contributed by atoms with Gasteiger partial charge in [0, 0.05) is 0 Å². The van der Waals surface area contributed by atoms with E-state index >= 15 is 0 Å². The van der Waals surface area contributed by atoms with Crippen molar-refractivity contribution in [1.82, 2.24) is 0 Å². The first-order valence-electron chi connectivity index (χ1n) is 4.50. The Kier molecular flexibility index (Phi) is 4.48.